The van der Waals surface area contributed by atoms with E-state index in [-0.39, 0.29) is 11.3 Å². The molecule has 0 unspecified atom stereocenters. The molecule has 0 aliphatic heterocycles. The Morgan fingerprint density at radius 2 is 2.00 bits per heavy atom. The average Bonchev–Trinajstić information content (AvgIpc) is 2.05. The van der Waals surface area contributed by atoms with Crippen LogP contribution in [0.5, 0.6) is 11.5 Å². The second-order valence-corrected chi connectivity index (χ2v) is 2.30. The number of phenolic OH excluding ortho intramolecular Hbond substituents is 1. The van der Waals surface area contributed by atoms with Crippen molar-refractivity contribution in [3.05, 3.63) is 23.8 Å². The van der Waals surface area contributed by atoms with Crippen LogP contribution in [0.1, 0.15) is 11.9 Å². The molecular weight excluding hydrogens is 160 g/mol. The summed E-state index contributed by atoms with van der Waals surface area (Å²) < 4.78 is 4.83. The van der Waals surface area contributed by atoms with Crippen molar-refractivity contribution in [2.75, 3.05) is 7.11 Å². The summed E-state index contributed by atoms with van der Waals surface area (Å²) in [4.78, 5) is 0. The number of aliphatic hydroxyl groups is 2. The van der Waals surface area contributed by atoms with Crippen LogP contribution in [0.3, 0.4) is 0 Å². The van der Waals surface area contributed by atoms with Crippen LogP contribution in [0, 0.1) is 0 Å². The molecule has 0 aromatic heterocycles. The summed E-state index contributed by atoms with van der Waals surface area (Å²) in [5, 5.41) is 26.7. The third-order valence-corrected chi connectivity index (χ3v) is 1.51. The lowest BCUT2D eigenvalue weighted by molar-refractivity contribution is -0.0440. The zero-order valence-corrected chi connectivity index (χ0v) is 6.56. The highest BCUT2D eigenvalue weighted by Crippen LogP contribution is 2.26. The zero-order valence-electron chi connectivity index (χ0n) is 6.56. The Labute approximate surface area is 69.7 Å². The summed E-state index contributed by atoms with van der Waals surface area (Å²) in [6.45, 7) is 0. The molecule has 0 saturated carbocycles. The van der Waals surface area contributed by atoms with E-state index in [1.165, 1.54) is 25.3 Å². The minimum Gasteiger partial charge on any atom is -0.507 e. The number of phenols is 1. The van der Waals surface area contributed by atoms with Gasteiger partial charge in [-0.15, -0.1) is 0 Å². The Hall–Kier alpha value is -1.26. The van der Waals surface area contributed by atoms with E-state index < -0.39 is 6.29 Å². The van der Waals surface area contributed by atoms with Crippen molar-refractivity contribution in [1.82, 2.24) is 0 Å². The van der Waals surface area contributed by atoms with Crippen LogP contribution >= 0.6 is 0 Å². The van der Waals surface area contributed by atoms with Crippen molar-refractivity contribution >= 4 is 0 Å². The van der Waals surface area contributed by atoms with Crippen molar-refractivity contribution in [3.8, 4) is 11.5 Å². The van der Waals surface area contributed by atoms with E-state index in [1.807, 2.05) is 0 Å². The minimum absolute atomic E-state index is 0.0364. The maximum absolute atomic E-state index is 9.13. The van der Waals surface area contributed by atoms with Gasteiger partial charge in [0.05, 0.1) is 12.7 Å². The maximum atomic E-state index is 9.13. The largest absolute Gasteiger partial charge is 0.507 e. The number of aliphatic hydroxyl groups excluding tert-OH is 1. The summed E-state index contributed by atoms with van der Waals surface area (Å²) in [6.07, 6.45) is -1.68. The van der Waals surface area contributed by atoms with Gasteiger partial charge in [0.25, 0.3) is 0 Å². The van der Waals surface area contributed by atoms with Crippen LogP contribution in [0.15, 0.2) is 18.2 Å². The summed E-state index contributed by atoms with van der Waals surface area (Å²) in [6, 6.07) is 4.23. The summed E-state index contributed by atoms with van der Waals surface area (Å²) in [7, 11) is 1.46. The number of hydrogen-bond donors (Lipinski definition) is 3. The Kier molecular flexibility index (Phi) is 2.52. The molecule has 1 aromatic carbocycles. The molecule has 4 heteroatoms. The van der Waals surface area contributed by atoms with Crippen molar-refractivity contribution in [1.29, 1.82) is 0 Å². The van der Waals surface area contributed by atoms with Crippen molar-refractivity contribution < 1.29 is 20.1 Å². The topological polar surface area (TPSA) is 69.9 Å². The molecule has 0 aliphatic rings. The minimum atomic E-state index is -1.68. The number of rotatable bonds is 2. The van der Waals surface area contributed by atoms with E-state index in [9.17, 15) is 0 Å². The second-order valence-electron chi connectivity index (χ2n) is 2.30. The van der Waals surface area contributed by atoms with E-state index in [4.69, 9.17) is 20.1 Å². The molecule has 0 bridgehead atoms. The average molecular weight is 170 g/mol. The smallest absolute Gasteiger partial charge is 0.182 e. The van der Waals surface area contributed by atoms with Crippen LogP contribution in [0.2, 0.25) is 0 Å². The lowest BCUT2D eigenvalue weighted by Gasteiger charge is -2.07. The lowest BCUT2D eigenvalue weighted by atomic mass is 10.2. The second kappa shape index (κ2) is 3.42. The third kappa shape index (κ3) is 1.66. The van der Waals surface area contributed by atoms with Gasteiger partial charge in [0, 0.05) is 0 Å². The first-order chi connectivity index (χ1) is 5.65. The van der Waals surface area contributed by atoms with E-state index in [2.05, 4.69) is 0 Å². The molecular formula is C8H10O4. The molecule has 66 valence electrons. The third-order valence-electron chi connectivity index (χ3n) is 1.51. The number of hydrogen-bond acceptors (Lipinski definition) is 4. The SMILES string of the molecule is COc1ccc(O)c(C(O)O)c1. The molecule has 12 heavy (non-hydrogen) atoms. The van der Waals surface area contributed by atoms with E-state index >= 15 is 0 Å². The van der Waals surface area contributed by atoms with Crippen LogP contribution in [-0.4, -0.2) is 22.4 Å². The summed E-state index contributed by atoms with van der Waals surface area (Å²) in [5.74, 6) is 0.307. The standard InChI is InChI=1S/C8H10O4/c1-12-5-2-3-7(9)6(4-5)8(10)11/h2-4,8-11H,1H3. The molecule has 1 aromatic rings. The summed E-state index contributed by atoms with van der Waals surface area (Å²) >= 11 is 0. The first-order valence-corrected chi connectivity index (χ1v) is 3.38. The van der Waals surface area contributed by atoms with Gasteiger partial charge in [-0.2, -0.15) is 0 Å². The van der Waals surface area contributed by atoms with Gasteiger partial charge in [0.1, 0.15) is 11.5 Å². The Balaban J connectivity index is 3.08. The monoisotopic (exact) mass is 170 g/mol. The molecule has 0 spiro atoms. The zero-order chi connectivity index (χ0) is 9.14. The quantitative estimate of drug-likeness (QED) is 0.561. The van der Waals surface area contributed by atoms with Crippen LogP contribution in [0.4, 0.5) is 0 Å². The molecule has 0 saturated heterocycles. The van der Waals surface area contributed by atoms with Gasteiger partial charge in [0.2, 0.25) is 0 Å². The molecule has 0 fully saturated rings. The Morgan fingerprint density at radius 3 is 2.50 bits per heavy atom. The number of ether oxygens (including phenoxy) is 1. The van der Waals surface area contributed by atoms with E-state index in [0.29, 0.717) is 5.75 Å². The van der Waals surface area contributed by atoms with E-state index in [1.54, 1.807) is 0 Å². The lowest BCUT2D eigenvalue weighted by Crippen LogP contribution is -1.96. The van der Waals surface area contributed by atoms with Crippen LogP contribution < -0.4 is 4.74 Å². The van der Waals surface area contributed by atoms with E-state index in [0.717, 1.165) is 0 Å². The van der Waals surface area contributed by atoms with Gasteiger partial charge < -0.3 is 20.1 Å². The fourth-order valence-corrected chi connectivity index (χ4v) is 0.866. The Bertz CT molecular complexity index is 270. The van der Waals surface area contributed by atoms with Crippen molar-refractivity contribution in [3.63, 3.8) is 0 Å². The predicted octanol–water partition coefficient (Wildman–Crippen LogP) is 0.384. The number of aromatic hydroxyl groups is 1. The van der Waals surface area contributed by atoms with Crippen LogP contribution in [0.25, 0.3) is 0 Å². The molecule has 0 aliphatic carbocycles. The fourth-order valence-electron chi connectivity index (χ4n) is 0.866. The number of methoxy groups -OCH3 is 1. The highest BCUT2D eigenvalue weighted by Gasteiger charge is 2.09. The normalized spacial score (nSPS) is 10.3. The molecule has 1 rings (SSSR count). The highest BCUT2D eigenvalue weighted by molar-refractivity contribution is 5.39. The molecule has 0 amide bonds. The summed E-state index contributed by atoms with van der Waals surface area (Å²) in [5.41, 5.74) is 0.0364. The fraction of sp³-hybridized carbons (Fsp3) is 0.250. The van der Waals surface area contributed by atoms with Crippen LogP contribution in [-0.2, 0) is 0 Å². The molecule has 0 radical (unpaired) electrons. The van der Waals surface area contributed by atoms with Gasteiger partial charge >= 0.3 is 0 Å². The van der Waals surface area contributed by atoms with Gasteiger partial charge in [-0.05, 0) is 18.2 Å². The number of benzene rings is 1. The van der Waals surface area contributed by atoms with Gasteiger partial charge in [0.15, 0.2) is 6.29 Å². The molecule has 0 heterocycles. The Morgan fingerprint density at radius 1 is 1.33 bits per heavy atom. The first kappa shape index (κ1) is 8.83. The van der Waals surface area contributed by atoms with Gasteiger partial charge in [-0.25, -0.2) is 0 Å². The van der Waals surface area contributed by atoms with Crippen molar-refractivity contribution in [2.45, 2.75) is 6.29 Å². The maximum Gasteiger partial charge on any atom is 0.182 e. The first-order valence-electron chi connectivity index (χ1n) is 3.38. The van der Waals surface area contributed by atoms with Gasteiger partial charge in [-0.3, -0.25) is 0 Å². The van der Waals surface area contributed by atoms with Crippen molar-refractivity contribution in [2.24, 2.45) is 0 Å². The highest BCUT2D eigenvalue weighted by atomic mass is 16.5. The molecule has 3 N–H and O–H groups in total. The molecule has 0 atom stereocenters. The molecule has 4 nitrogen and oxygen atoms in total. The predicted molar refractivity (Wildman–Crippen MR) is 41.8 cm³/mol. The van der Waals surface area contributed by atoms with Gasteiger partial charge in [-0.1, -0.05) is 0 Å².